The molecule has 1 aliphatic rings. The fourth-order valence-corrected chi connectivity index (χ4v) is 3.85. The summed E-state index contributed by atoms with van der Waals surface area (Å²) in [5.74, 6) is -0.880. The molecule has 2 aromatic rings. The fraction of sp³-hybridized carbons (Fsp3) is 0.250. The van der Waals surface area contributed by atoms with E-state index in [0.717, 1.165) is 16.9 Å². The molecule has 1 saturated heterocycles. The first kappa shape index (κ1) is 19.1. The molecule has 2 N–H and O–H groups in total. The van der Waals surface area contributed by atoms with Gasteiger partial charge in [0.2, 0.25) is 5.91 Å². The summed E-state index contributed by atoms with van der Waals surface area (Å²) in [4.78, 5) is 38.7. The van der Waals surface area contributed by atoms with Crippen LogP contribution in [0.15, 0.2) is 53.0 Å². The van der Waals surface area contributed by atoms with Crippen LogP contribution in [0, 0.1) is 0 Å². The molecule has 6 nitrogen and oxygen atoms in total. The summed E-state index contributed by atoms with van der Waals surface area (Å²) in [5, 5.41) is 5.49. The van der Waals surface area contributed by atoms with Gasteiger partial charge in [-0.3, -0.25) is 14.5 Å². The number of rotatable bonds is 5. The number of imide groups is 1. The minimum absolute atomic E-state index is 0.344. The molecule has 0 spiro atoms. The summed E-state index contributed by atoms with van der Waals surface area (Å²) in [6.45, 7) is 3.28. The molecule has 2 aromatic carbocycles. The third kappa shape index (κ3) is 3.60. The van der Waals surface area contributed by atoms with Gasteiger partial charge in [0.25, 0.3) is 5.91 Å². The number of hydrogen-bond donors (Lipinski definition) is 2. The number of amides is 4. The number of nitrogens with one attached hydrogen (secondary N) is 2. The van der Waals surface area contributed by atoms with Crippen LogP contribution in [-0.4, -0.2) is 29.3 Å². The Morgan fingerprint density at radius 1 is 1.15 bits per heavy atom. The Balaban J connectivity index is 1.78. The molecule has 140 valence electrons. The van der Waals surface area contributed by atoms with Crippen LogP contribution in [0.4, 0.5) is 10.5 Å². The van der Waals surface area contributed by atoms with E-state index in [1.54, 1.807) is 31.2 Å². The zero-order valence-electron chi connectivity index (χ0n) is 15.1. The average Bonchev–Trinajstić information content (AvgIpc) is 2.86. The minimum atomic E-state index is -1.22. The van der Waals surface area contributed by atoms with Crippen molar-refractivity contribution in [1.29, 1.82) is 0 Å². The van der Waals surface area contributed by atoms with E-state index in [9.17, 15) is 14.4 Å². The lowest BCUT2D eigenvalue weighted by Crippen LogP contribution is -2.42. The topological polar surface area (TPSA) is 78.5 Å². The van der Waals surface area contributed by atoms with Crippen LogP contribution in [0.3, 0.4) is 0 Å². The summed E-state index contributed by atoms with van der Waals surface area (Å²) < 4.78 is 0.712. The normalized spacial score (nSPS) is 19.1. The van der Waals surface area contributed by atoms with Crippen LogP contribution in [0.2, 0.25) is 0 Å². The first-order valence-corrected chi connectivity index (χ1v) is 9.43. The van der Waals surface area contributed by atoms with Gasteiger partial charge < -0.3 is 10.6 Å². The quantitative estimate of drug-likeness (QED) is 0.714. The van der Waals surface area contributed by atoms with Crippen molar-refractivity contribution in [1.82, 2.24) is 10.2 Å². The van der Waals surface area contributed by atoms with Gasteiger partial charge in [-0.15, -0.1) is 0 Å². The predicted octanol–water partition coefficient (Wildman–Crippen LogP) is 3.42. The van der Waals surface area contributed by atoms with Crippen molar-refractivity contribution in [2.75, 3.05) is 11.9 Å². The molecule has 27 heavy (non-hydrogen) atoms. The van der Waals surface area contributed by atoms with Gasteiger partial charge in [-0.1, -0.05) is 59.3 Å². The minimum Gasteiger partial charge on any atom is -0.324 e. The van der Waals surface area contributed by atoms with Gasteiger partial charge in [-0.05, 0) is 31.0 Å². The molecule has 1 aliphatic heterocycles. The van der Waals surface area contributed by atoms with E-state index in [0.29, 0.717) is 15.7 Å². The number of nitrogens with zero attached hydrogens (tertiary/aromatic N) is 1. The maximum Gasteiger partial charge on any atom is 0.325 e. The monoisotopic (exact) mass is 429 g/mol. The largest absolute Gasteiger partial charge is 0.325 e. The second kappa shape index (κ2) is 7.52. The molecule has 7 heteroatoms. The number of halogens is 1. The highest BCUT2D eigenvalue weighted by atomic mass is 79.9. The highest BCUT2D eigenvalue weighted by Crippen LogP contribution is 2.33. The molecular weight excluding hydrogens is 410 g/mol. The van der Waals surface area contributed by atoms with E-state index in [4.69, 9.17) is 0 Å². The van der Waals surface area contributed by atoms with Gasteiger partial charge in [0.1, 0.15) is 12.1 Å². The second-order valence-electron chi connectivity index (χ2n) is 6.49. The van der Waals surface area contributed by atoms with E-state index in [1.807, 2.05) is 31.2 Å². The summed E-state index contributed by atoms with van der Waals surface area (Å²) in [5.41, 5.74) is 1.09. The Labute approximate surface area is 166 Å². The second-order valence-corrected chi connectivity index (χ2v) is 7.34. The maximum absolute atomic E-state index is 12.9. The number of carbonyl (C=O) groups is 3. The van der Waals surface area contributed by atoms with Gasteiger partial charge in [0.05, 0.1) is 0 Å². The number of carbonyl (C=O) groups excluding carboxylic acids is 3. The van der Waals surface area contributed by atoms with Crippen molar-refractivity contribution < 1.29 is 14.4 Å². The Morgan fingerprint density at radius 3 is 2.52 bits per heavy atom. The van der Waals surface area contributed by atoms with E-state index < -0.39 is 23.4 Å². The molecule has 1 atom stereocenters. The van der Waals surface area contributed by atoms with Crippen molar-refractivity contribution in [2.45, 2.75) is 25.8 Å². The highest BCUT2D eigenvalue weighted by molar-refractivity contribution is 9.10. The first-order valence-electron chi connectivity index (χ1n) is 8.63. The van der Waals surface area contributed by atoms with E-state index in [1.165, 1.54) is 0 Å². The van der Waals surface area contributed by atoms with E-state index in [2.05, 4.69) is 26.6 Å². The number of para-hydroxylation sites is 1. The number of anilines is 1. The Hall–Kier alpha value is -2.67. The SMILES string of the molecule is CCc1ccccc1NC(=O)CN1C(=O)NC(C)(c2ccccc2Br)C1=O. The number of hydrogen-bond acceptors (Lipinski definition) is 3. The lowest BCUT2D eigenvalue weighted by molar-refractivity contribution is -0.133. The smallest absolute Gasteiger partial charge is 0.324 e. The molecule has 4 amide bonds. The van der Waals surface area contributed by atoms with Gasteiger partial charge in [0, 0.05) is 15.7 Å². The molecule has 1 heterocycles. The fourth-order valence-electron chi connectivity index (χ4n) is 3.17. The molecule has 0 bridgehead atoms. The molecular formula is C20H20BrN3O3. The molecule has 3 rings (SSSR count). The molecule has 0 saturated carbocycles. The molecule has 0 radical (unpaired) electrons. The van der Waals surface area contributed by atoms with Gasteiger partial charge >= 0.3 is 6.03 Å². The zero-order valence-corrected chi connectivity index (χ0v) is 16.7. The van der Waals surface area contributed by atoms with Crippen molar-refractivity contribution in [3.8, 4) is 0 Å². The van der Waals surface area contributed by atoms with Crippen LogP contribution in [0.5, 0.6) is 0 Å². The van der Waals surface area contributed by atoms with Crippen LogP contribution in [0.1, 0.15) is 25.0 Å². The van der Waals surface area contributed by atoms with Gasteiger partial charge in [-0.25, -0.2) is 4.79 Å². The summed E-state index contributed by atoms with van der Waals surface area (Å²) in [6.07, 6.45) is 0.764. The van der Waals surface area contributed by atoms with Gasteiger partial charge in [-0.2, -0.15) is 0 Å². The summed E-state index contributed by atoms with van der Waals surface area (Å²) in [7, 11) is 0. The van der Waals surface area contributed by atoms with Crippen LogP contribution in [0.25, 0.3) is 0 Å². The first-order chi connectivity index (χ1) is 12.9. The summed E-state index contributed by atoms with van der Waals surface area (Å²) in [6, 6.07) is 14.1. The van der Waals surface area contributed by atoms with Crippen LogP contribution < -0.4 is 10.6 Å². The third-order valence-corrected chi connectivity index (χ3v) is 5.35. The predicted molar refractivity (Wildman–Crippen MR) is 106 cm³/mol. The number of aryl methyl sites for hydroxylation is 1. The molecule has 0 aromatic heterocycles. The van der Waals surface area contributed by atoms with Crippen molar-refractivity contribution in [3.63, 3.8) is 0 Å². The van der Waals surface area contributed by atoms with E-state index >= 15 is 0 Å². The maximum atomic E-state index is 12.9. The van der Waals surface area contributed by atoms with Crippen molar-refractivity contribution in [2.24, 2.45) is 0 Å². The van der Waals surface area contributed by atoms with Crippen LogP contribution >= 0.6 is 15.9 Å². The zero-order chi connectivity index (χ0) is 19.6. The number of benzene rings is 2. The third-order valence-electron chi connectivity index (χ3n) is 4.66. The molecule has 0 aliphatic carbocycles. The Morgan fingerprint density at radius 2 is 1.81 bits per heavy atom. The highest BCUT2D eigenvalue weighted by Gasteiger charge is 2.50. The Bertz CT molecular complexity index is 915. The lowest BCUT2D eigenvalue weighted by atomic mass is 9.92. The standard InChI is InChI=1S/C20H20BrN3O3/c1-3-13-8-4-7-11-16(13)22-17(25)12-24-18(26)20(2,23-19(24)27)14-9-5-6-10-15(14)21/h4-11H,3,12H2,1-2H3,(H,22,25)(H,23,27). The average molecular weight is 430 g/mol. The van der Waals surface area contributed by atoms with E-state index in [-0.39, 0.29) is 6.54 Å². The Kier molecular flexibility index (Phi) is 5.32. The van der Waals surface area contributed by atoms with Gasteiger partial charge in [0.15, 0.2) is 0 Å². The van der Waals surface area contributed by atoms with Crippen molar-refractivity contribution in [3.05, 3.63) is 64.1 Å². The number of urea groups is 1. The molecule has 1 fully saturated rings. The molecule has 1 unspecified atom stereocenters. The lowest BCUT2D eigenvalue weighted by Gasteiger charge is -2.23. The van der Waals surface area contributed by atoms with Crippen LogP contribution in [-0.2, 0) is 21.5 Å². The van der Waals surface area contributed by atoms with Crippen molar-refractivity contribution >= 4 is 39.5 Å². The summed E-state index contributed by atoms with van der Waals surface area (Å²) >= 11 is 3.42.